The lowest BCUT2D eigenvalue weighted by atomic mass is 10.1. The van der Waals surface area contributed by atoms with Crippen LogP contribution in [0.25, 0.3) is 0 Å². The molecule has 0 bridgehead atoms. The van der Waals surface area contributed by atoms with E-state index in [0.29, 0.717) is 4.47 Å². The molecule has 0 fully saturated rings. The van der Waals surface area contributed by atoms with Crippen molar-refractivity contribution >= 4 is 31.9 Å². The van der Waals surface area contributed by atoms with Gasteiger partial charge in [-0.25, -0.2) is 4.39 Å². The normalized spacial score (nSPS) is 12.4. The van der Waals surface area contributed by atoms with Crippen LogP contribution in [0.4, 0.5) is 4.39 Å². The first-order valence-electron chi connectivity index (χ1n) is 5.57. The van der Waals surface area contributed by atoms with Crippen molar-refractivity contribution in [1.82, 2.24) is 4.98 Å². The van der Waals surface area contributed by atoms with Gasteiger partial charge in [0.05, 0.1) is 4.47 Å². The minimum atomic E-state index is -0.242. The van der Waals surface area contributed by atoms with Crippen LogP contribution >= 0.6 is 31.9 Å². The molecule has 0 aliphatic carbocycles. The third-order valence-corrected chi connectivity index (χ3v) is 4.33. The van der Waals surface area contributed by atoms with Gasteiger partial charge in [-0.1, -0.05) is 34.1 Å². The third-order valence-electron chi connectivity index (χ3n) is 2.68. The van der Waals surface area contributed by atoms with Crippen LogP contribution in [0.1, 0.15) is 21.6 Å². The molecule has 1 unspecified atom stereocenters. The average molecular weight is 373 g/mol. The second-order valence-electron chi connectivity index (χ2n) is 4.14. The summed E-state index contributed by atoms with van der Waals surface area (Å²) in [5.74, 6) is -0.242. The fourth-order valence-corrected chi connectivity index (χ4v) is 3.24. The summed E-state index contributed by atoms with van der Waals surface area (Å²) in [6.45, 7) is 2.01. The van der Waals surface area contributed by atoms with E-state index in [-0.39, 0.29) is 10.6 Å². The zero-order valence-electron chi connectivity index (χ0n) is 9.83. The van der Waals surface area contributed by atoms with E-state index in [9.17, 15) is 4.39 Å². The van der Waals surface area contributed by atoms with E-state index in [1.807, 2.05) is 31.3 Å². The van der Waals surface area contributed by atoms with E-state index in [1.165, 1.54) is 6.07 Å². The Morgan fingerprint density at radius 2 is 2.06 bits per heavy atom. The van der Waals surface area contributed by atoms with Gasteiger partial charge in [-0.15, -0.1) is 0 Å². The summed E-state index contributed by atoms with van der Waals surface area (Å²) in [4.78, 5) is 4.40. The molecule has 0 aliphatic heterocycles. The predicted molar refractivity (Wildman–Crippen MR) is 78.4 cm³/mol. The van der Waals surface area contributed by atoms with Crippen molar-refractivity contribution < 1.29 is 4.39 Å². The van der Waals surface area contributed by atoms with Gasteiger partial charge in [0.15, 0.2) is 0 Å². The molecule has 1 atom stereocenters. The van der Waals surface area contributed by atoms with Crippen LogP contribution in [-0.4, -0.2) is 4.98 Å². The number of alkyl halides is 1. The summed E-state index contributed by atoms with van der Waals surface area (Å²) in [7, 11) is 0. The molecule has 18 heavy (non-hydrogen) atoms. The number of hydrogen-bond acceptors (Lipinski definition) is 1. The first kappa shape index (κ1) is 13.7. The van der Waals surface area contributed by atoms with Gasteiger partial charge in [0.2, 0.25) is 0 Å². The van der Waals surface area contributed by atoms with Crippen molar-refractivity contribution in [2.24, 2.45) is 0 Å². The molecule has 0 saturated heterocycles. The largest absolute Gasteiger partial charge is 0.261 e. The highest BCUT2D eigenvalue weighted by Crippen LogP contribution is 2.33. The van der Waals surface area contributed by atoms with Gasteiger partial charge in [0.25, 0.3) is 0 Å². The van der Waals surface area contributed by atoms with Crippen LogP contribution in [0, 0.1) is 12.7 Å². The molecule has 94 valence electrons. The van der Waals surface area contributed by atoms with Gasteiger partial charge < -0.3 is 0 Å². The molecule has 2 aromatic rings. The number of pyridine rings is 1. The summed E-state index contributed by atoms with van der Waals surface area (Å²) in [6.07, 6.45) is 2.57. The molecule has 0 amide bonds. The third kappa shape index (κ3) is 3.18. The van der Waals surface area contributed by atoms with E-state index in [4.69, 9.17) is 0 Å². The van der Waals surface area contributed by atoms with Crippen LogP contribution in [0.3, 0.4) is 0 Å². The molecule has 0 spiro atoms. The zero-order valence-corrected chi connectivity index (χ0v) is 13.0. The lowest BCUT2D eigenvalue weighted by Gasteiger charge is -2.12. The van der Waals surface area contributed by atoms with E-state index in [2.05, 4.69) is 36.8 Å². The zero-order chi connectivity index (χ0) is 13.1. The molecule has 4 heteroatoms. The van der Waals surface area contributed by atoms with Crippen molar-refractivity contribution in [2.45, 2.75) is 18.2 Å². The fourth-order valence-electron chi connectivity index (χ4n) is 1.68. The quantitative estimate of drug-likeness (QED) is 0.693. The number of benzene rings is 1. The predicted octanol–water partition coefficient (Wildman–Crippen LogP) is 4.97. The SMILES string of the molecule is Cc1ccc(CC(Br)c2cccc(F)c2Br)nc1. The van der Waals surface area contributed by atoms with Crippen LogP contribution in [-0.2, 0) is 6.42 Å². The molecule has 1 aromatic heterocycles. The van der Waals surface area contributed by atoms with E-state index in [0.717, 1.165) is 23.2 Å². The van der Waals surface area contributed by atoms with Gasteiger partial charge in [-0.3, -0.25) is 4.98 Å². The van der Waals surface area contributed by atoms with E-state index < -0.39 is 0 Å². The number of halogens is 3. The van der Waals surface area contributed by atoms with E-state index >= 15 is 0 Å². The van der Waals surface area contributed by atoms with Crippen LogP contribution in [0.15, 0.2) is 41.0 Å². The Balaban J connectivity index is 2.19. The van der Waals surface area contributed by atoms with Gasteiger partial charge in [-0.2, -0.15) is 0 Å². The monoisotopic (exact) mass is 371 g/mol. The second-order valence-corrected chi connectivity index (χ2v) is 6.04. The molecule has 0 aliphatic rings. The van der Waals surface area contributed by atoms with Crippen LogP contribution in [0.5, 0.6) is 0 Å². The Morgan fingerprint density at radius 3 is 2.72 bits per heavy atom. The first-order valence-corrected chi connectivity index (χ1v) is 7.28. The van der Waals surface area contributed by atoms with Crippen molar-refractivity contribution in [1.29, 1.82) is 0 Å². The minimum Gasteiger partial charge on any atom is -0.261 e. The Kier molecular flexibility index (Phi) is 4.51. The Labute approximate surface area is 123 Å². The summed E-state index contributed by atoms with van der Waals surface area (Å²) < 4.78 is 14.0. The Hall–Kier alpha value is -0.740. The molecule has 1 aromatic carbocycles. The topological polar surface area (TPSA) is 12.9 Å². The lowest BCUT2D eigenvalue weighted by Crippen LogP contribution is -1.99. The maximum absolute atomic E-state index is 13.4. The Morgan fingerprint density at radius 1 is 1.28 bits per heavy atom. The standard InChI is InChI=1S/C14H12Br2FN/c1-9-5-6-10(18-8-9)7-12(15)11-3-2-4-13(17)14(11)16/h2-6,8,12H,7H2,1H3. The molecule has 1 nitrogen and oxygen atoms in total. The summed E-state index contributed by atoms with van der Waals surface area (Å²) in [5.41, 5.74) is 3.02. The number of rotatable bonds is 3. The van der Waals surface area contributed by atoms with Gasteiger partial charge >= 0.3 is 0 Å². The highest BCUT2D eigenvalue weighted by Gasteiger charge is 2.14. The summed E-state index contributed by atoms with van der Waals surface area (Å²) in [5, 5.41) is 0. The fraction of sp³-hybridized carbons (Fsp3) is 0.214. The summed E-state index contributed by atoms with van der Waals surface area (Å²) in [6, 6.07) is 9.09. The smallest absolute Gasteiger partial charge is 0.137 e. The van der Waals surface area contributed by atoms with Crippen molar-refractivity contribution in [3.8, 4) is 0 Å². The van der Waals surface area contributed by atoms with Gasteiger partial charge in [0.1, 0.15) is 5.82 Å². The number of hydrogen-bond donors (Lipinski definition) is 0. The second kappa shape index (κ2) is 5.93. The van der Waals surface area contributed by atoms with Crippen LogP contribution < -0.4 is 0 Å². The van der Waals surface area contributed by atoms with Gasteiger partial charge in [0, 0.05) is 23.1 Å². The van der Waals surface area contributed by atoms with Gasteiger partial charge in [-0.05, 0) is 46.1 Å². The molecule has 0 radical (unpaired) electrons. The molecular formula is C14H12Br2FN. The average Bonchev–Trinajstić information content (AvgIpc) is 2.35. The minimum absolute atomic E-state index is 0.0396. The van der Waals surface area contributed by atoms with Crippen molar-refractivity contribution in [2.75, 3.05) is 0 Å². The van der Waals surface area contributed by atoms with E-state index in [1.54, 1.807) is 6.07 Å². The highest BCUT2D eigenvalue weighted by molar-refractivity contribution is 9.11. The maximum Gasteiger partial charge on any atom is 0.137 e. The maximum atomic E-state index is 13.4. The van der Waals surface area contributed by atoms with Crippen molar-refractivity contribution in [3.05, 3.63) is 63.6 Å². The molecule has 0 N–H and O–H groups in total. The molecule has 0 saturated carbocycles. The van der Waals surface area contributed by atoms with Crippen LogP contribution in [0.2, 0.25) is 0 Å². The molecule has 1 heterocycles. The highest BCUT2D eigenvalue weighted by atomic mass is 79.9. The number of aryl methyl sites for hydroxylation is 1. The Bertz CT molecular complexity index is 540. The molecular weight excluding hydrogens is 361 g/mol. The summed E-state index contributed by atoms with van der Waals surface area (Å²) >= 11 is 6.87. The first-order chi connectivity index (χ1) is 8.58. The number of nitrogens with zero attached hydrogens (tertiary/aromatic N) is 1. The van der Waals surface area contributed by atoms with Crippen molar-refractivity contribution in [3.63, 3.8) is 0 Å². The molecule has 2 rings (SSSR count). The lowest BCUT2D eigenvalue weighted by molar-refractivity contribution is 0.617. The number of aromatic nitrogens is 1.